The van der Waals surface area contributed by atoms with Gasteiger partial charge in [0.05, 0.1) is 0 Å². The maximum absolute atomic E-state index is 12.6. The molecule has 0 N–H and O–H groups in total. The van der Waals surface area contributed by atoms with Gasteiger partial charge >= 0.3 is 0 Å². The Morgan fingerprint density at radius 2 is 2.19 bits per heavy atom. The van der Waals surface area contributed by atoms with Gasteiger partial charge in [0, 0.05) is 29.9 Å². The molecule has 0 amide bonds. The number of nitrogens with zero attached hydrogens (tertiary/aromatic N) is 2. The van der Waals surface area contributed by atoms with E-state index in [1.54, 1.807) is 16.6 Å². The summed E-state index contributed by atoms with van der Waals surface area (Å²) in [5.74, 6) is 0.357. The van der Waals surface area contributed by atoms with E-state index in [-0.39, 0.29) is 0 Å². The SMILES string of the molecule is Cc1ccc(S(=O)(=O)N2CCC(Cc3ccccn3)C2)s1. The lowest BCUT2D eigenvalue weighted by Gasteiger charge is -2.15. The molecule has 21 heavy (non-hydrogen) atoms. The second-order valence-corrected chi connectivity index (χ2v) is 8.86. The van der Waals surface area contributed by atoms with E-state index >= 15 is 0 Å². The Hall–Kier alpha value is -1.24. The van der Waals surface area contributed by atoms with Crippen molar-refractivity contribution >= 4 is 21.4 Å². The number of rotatable bonds is 4. The van der Waals surface area contributed by atoms with E-state index in [1.807, 2.05) is 31.2 Å². The van der Waals surface area contributed by atoms with Crippen LogP contribution in [0, 0.1) is 12.8 Å². The van der Waals surface area contributed by atoms with Gasteiger partial charge in [0.2, 0.25) is 0 Å². The monoisotopic (exact) mass is 322 g/mol. The molecule has 1 aliphatic heterocycles. The van der Waals surface area contributed by atoms with Crippen LogP contribution in [0.2, 0.25) is 0 Å². The normalized spacial score (nSPS) is 20.0. The number of sulfonamides is 1. The Balaban J connectivity index is 1.69. The standard InChI is InChI=1S/C15H18N2O2S2/c1-12-5-6-15(20-12)21(18,19)17-9-7-13(11-17)10-14-4-2-3-8-16-14/h2-6,8,13H,7,9-11H2,1H3. The Labute approximate surface area is 129 Å². The number of aromatic nitrogens is 1. The fraction of sp³-hybridized carbons (Fsp3) is 0.400. The van der Waals surface area contributed by atoms with Gasteiger partial charge in [0.15, 0.2) is 0 Å². The van der Waals surface area contributed by atoms with E-state index < -0.39 is 10.0 Å². The summed E-state index contributed by atoms with van der Waals surface area (Å²) in [7, 11) is -3.31. The summed E-state index contributed by atoms with van der Waals surface area (Å²) in [5.41, 5.74) is 1.04. The molecule has 1 saturated heterocycles. The predicted octanol–water partition coefficient (Wildman–Crippen LogP) is 2.70. The molecule has 1 atom stereocenters. The van der Waals surface area contributed by atoms with E-state index in [0.29, 0.717) is 23.2 Å². The van der Waals surface area contributed by atoms with Crippen molar-refractivity contribution in [3.63, 3.8) is 0 Å². The first-order valence-corrected chi connectivity index (χ1v) is 9.28. The predicted molar refractivity (Wildman–Crippen MR) is 83.9 cm³/mol. The Morgan fingerprint density at radius 1 is 1.33 bits per heavy atom. The highest BCUT2D eigenvalue weighted by Crippen LogP contribution is 2.29. The molecule has 1 aliphatic rings. The van der Waals surface area contributed by atoms with Gasteiger partial charge in [-0.2, -0.15) is 4.31 Å². The maximum atomic E-state index is 12.6. The molecular formula is C15H18N2O2S2. The third kappa shape index (κ3) is 3.17. The highest BCUT2D eigenvalue weighted by Gasteiger charge is 2.33. The zero-order valence-electron chi connectivity index (χ0n) is 11.9. The molecule has 2 aromatic rings. The summed E-state index contributed by atoms with van der Waals surface area (Å²) in [5, 5.41) is 0. The van der Waals surface area contributed by atoms with Crippen LogP contribution in [0.1, 0.15) is 17.0 Å². The minimum atomic E-state index is -3.31. The third-order valence-corrected chi connectivity index (χ3v) is 7.12. The smallest absolute Gasteiger partial charge is 0.252 e. The van der Waals surface area contributed by atoms with Crippen LogP contribution < -0.4 is 0 Å². The minimum Gasteiger partial charge on any atom is -0.261 e. The first kappa shape index (κ1) is 14.7. The van der Waals surface area contributed by atoms with E-state index in [0.717, 1.165) is 23.4 Å². The van der Waals surface area contributed by atoms with Gasteiger partial charge < -0.3 is 0 Å². The van der Waals surface area contributed by atoms with Crippen molar-refractivity contribution < 1.29 is 8.42 Å². The highest BCUT2D eigenvalue weighted by molar-refractivity contribution is 7.91. The Bertz CT molecular complexity index is 710. The van der Waals surface area contributed by atoms with Crippen molar-refractivity contribution in [2.24, 2.45) is 5.92 Å². The summed E-state index contributed by atoms with van der Waals surface area (Å²) in [6.45, 7) is 3.13. The zero-order valence-corrected chi connectivity index (χ0v) is 13.5. The molecule has 2 aromatic heterocycles. The lowest BCUT2D eigenvalue weighted by molar-refractivity contribution is 0.456. The number of aryl methyl sites for hydroxylation is 1. The third-order valence-electron chi connectivity index (χ3n) is 3.78. The Morgan fingerprint density at radius 3 is 2.86 bits per heavy atom. The van der Waals surface area contributed by atoms with Crippen molar-refractivity contribution in [3.05, 3.63) is 47.1 Å². The van der Waals surface area contributed by atoms with E-state index in [1.165, 1.54) is 11.3 Å². The number of hydrogen-bond donors (Lipinski definition) is 0. The van der Waals surface area contributed by atoms with Crippen molar-refractivity contribution in [2.75, 3.05) is 13.1 Å². The summed E-state index contributed by atoms with van der Waals surface area (Å²) >= 11 is 1.34. The van der Waals surface area contributed by atoms with Crippen LogP contribution in [0.5, 0.6) is 0 Å². The fourth-order valence-corrected chi connectivity index (χ4v) is 5.64. The van der Waals surface area contributed by atoms with Crippen LogP contribution in [0.25, 0.3) is 0 Å². The number of hydrogen-bond acceptors (Lipinski definition) is 4. The lowest BCUT2D eigenvalue weighted by Crippen LogP contribution is -2.28. The van der Waals surface area contributed by atoms with Crippen LogP contribution in [0.15, 0.2) is 40.7 Å². The first-order chi connectivity index (χ1) is 10.1. The molecule has 0 spiro atoms. The molecule has 0 radical (unpaired) electrons. The molecule has 1 unspecified atom stereocenters. The molecule has 112 valence electrons. The molecule has 6 heteroatoms. The van der Waals surface area contributed by atoms with Crippen LogP contribution >= 0.6 is 11.3 Å². The summed E-state index contributed by atoms with van der Waals surface area (Å²) in [6.07, 6.45) is 3.53. The molecule has 0 saturated carbocycles. The molecule has 4 nitrogen and oxygen atoms in total. The summed E-state index contributed by atoms with van der Waals surface area (Å²) in [6, 6.07) is 9.44. The largest absolute Gasteiger partial charge is 0.261 e. The highest BCUT2D eigenvalue weighted by atomic mass is 32.2. The van der Waals surface area contributed by atoms with Crippen LogP contribution in [-0.2, 0) is 16.4 Å². The second kappa shape index (κ2) is 5.87. The average molecular weight is 322 g/mol. The topological polar surface area (TPSA) is 50.3 Å². The van der Waals surface area contributed by atoms with Crippen molar-refractivity contribution in [1.29, 1.82) is 0 Å². The average Bonchev–Trinajstić information content (AvgIpc) is 3.10. The van der Waals surface area contributed by atoms with Gasteiger partial charge in [-0.1, -0.05) is 6.07 Å². The molecular weight excluding hydrogens is 304 g/mol. The molecule has 3 rings (SSSR count). The van der Waals surface area contributed by atoms with Gasteiger partial charge in [-0.15, -0.1) is 11.3 Å². The maximum Gasteiger partial charge on any atom is 0.252 e. The molecule has 0 aromatic carbocycles. The first-order valence-electron chi connectivity index (χ1n) is 7.02. The van der Waals surface area contributed by atoms with Crippen LogP contribution in [0.3, 0.4) is 0 Å². The fourth-order valence-electron chi connectivity index (χ4n) is 2.67. The van der Waals surface area contributed by atoms with Gasteiger partial charge in [-0.25, -0.2) is 8.42 Å². The molecule has 0 aliphatic carbocycles. The molecule has 1 fully saturated rings. The zero-order chi connectivity index (χ0) is 14.9. The van der Waals surface area contributed by atoms with Crippen LogP contribution in [-0.4, -0.2) is 30.8 Å². The number of thiophene rings is 1. The van der Waals surface area contributed by atoms with Crippen LogP contribution in [0.4, 0.5) is 0 Å². The quantitative estimate of drug-likeness (QED) is 0.869. The lowest BCUT2D eigenvalue weighted by atomic mass is 10.0. The minimum absolute atomic E-state index is 0.357. The van der Waals surface area contributed by atoms with Crippen molar-refractivity contribution in [3.8, 4) is 0 Å². The van der Waals surface area contributed by atoms with Gasteiger partial charge in [0.1, 0.15) is 4.21 Å². The Kier molecular flexibility index (Phi) is 4.10. The van der Waals surface area contributed by atoms with Crippen molar-refractivity contribution in [1.82, 2.24) is 9.29 Å². The van der Waals surface area contributed by atoms with E-state index in [2.05, 4.69) is 4.98 Å². The molecule has 0 bridgehead atoms. The second-order valence-electron chi connectivity index (χ2n) is 5.41. The number of pyridine rings is 1. The van der Waals surface area contributed by atoms with Gasteiger partial charge in [0.25, 0.3) is 10.0 Å². The van der Waals surface area contributed by atoms with E-state index in [4.69, 9.17) is 0 Å². The summed E-state index contributed by atoms with van der Waals surface area (Å²) in [4.78, 5) is 5.35. The van der Waals surface area contributed by atoms with E-state index in [9.17, 15) is 8.42 Å². The van der Waals surface area contributed by atoms with Gasteiger partial charge in [-0.3, -0.25) is 4.98 Å². The van der Waals surface area contributed by atoms with Crippen molar-refractivity contribution in [2.45, 2.75) is 24.0 Å². The molecule has 3 heterocycles. The summed E-state index contributed by atoms with van der Waals surface area (Å²) < 4.78 is 27.2. The van der Waals surface area contributed by atoms with Gasteiger partial charge in [-0.05, 0) is 49.9 Å².